The van der Waals surface area contributed by atoms with Crippen molar-refractivity contribution in [2.75, 3.05) is 5.32 Å². The van der Waals surface area contributed by atoms with Gasteiger partial charge in [-0.25, -0.2) is 4.98 Å². The third kappa shape index (κ3) is 3.07. The number of aromatic nitrogens is 1. The Morgan fingerprint density at radius 2 is 2.39 bits per heavy atom. The van der Waals surface area contributed by atoms with Crippen LogP contribution in [0.15, 0.2) is 28.2 Å². The van der Waals surface area contributed by atoms with E-state index < -0.39 is 0 Å². The van der Waals surface area contributed by atoms with Gasteiger partial charge in [-0.3, -0.25) is 0 Å². The van der Waals surface area contributed by atoms with Crippen molar-refractivity contribution in [2.45, 2.75) is 13.5 Å². The Balaban J connectivity index is 2.19. The van der Waals surface area contributed by atoms with Gasteiger partial charge in [-0.1, -0.05) is 12.2 Å². The summed E-state index contributed by atoms with van der Waals surface area (Å²) in [6.07, 6.45) is 1.75. The van der Waals surface area contributed by atoms with Gasteiger partial charge < -0.3 is 11.1 Å². The largest absolute Gasteiger partial charge is 0.389 e. The molecule has 0 saturated carbocycles. The molecule has 3 nitrogen and oxygen atoms in total. The smallest absolute Gasteiger partial charge is 0.136 e. The standard InChI is InChI=1S/C12H12BrN3S2/c1-7-2-3-15-12(10(7)11(14)17)16-5-9-4-8(13)6-18-9/h2-4,6H,5H2,1H3,(H2,14,17)(H,15,16). The number of halogens is 1. The first-order chi connectivity index (χ1) is 8.58. The van der Waals surface area contributed by atoms with Gasteiger partial charge in [0.15, 0.2) is 0 Å². The molecule has 0 amide bonds. The summed E-state index contributed by atoms with van der Waals surface area (Å²) in [5, 5.41) is 5.33. The number of hydrogen-bond acceptors (Lipinski definition) is 4. The third-order valence-corrected chi connectivity index (χ3v) is 4.36. The average Bonchev–Trinajstić information content (AvgIpc) is 2.72. The molecule has 0 saturated heterocycles. The number of rotatable bonds is 4. The first-order valence-corrected chi connectivity index (χ1v) is 7.38. The van der Waals surface area contributed by atoms with Gasteiger partial charge in [0.1, 0.15) is 10.8 Å². The first kappa shape index (κ1) is 13.5. The van der Waals surface area contributed by atoms with Gasteiger partial charge in [0.25, 0.3) is 0 Å². The maximum Gasteiger partial charge on any atom is 0.136 e. The minimum absolute atomic E-state index is 0.371. The second-order valence-corrected chi connectivity index (χ2v) is 6.15. The summed E-state index contributed by atoms with van der Waals surface area (Å²) >= 11 is 10.2. The van der Waals surface area contributed by atoms with Crippen LogP contribution < -0.4 is 11.1 Å². The van der Waals surface area contributed by atoms with Crippen molar-refractivity contribution in [2.24, 2.45) is 5.73 Å². The quantitative estimate of drug-likeness (QED) is 0.836. The molecule has 2 aromatic rings. The minimum atomic E-state index is 0.371. The molecule has 2 rings (SSSR count). The zero-order chi connectivity index (χ0) is 13.1. The lowest BCUT2D eigenvalue weighted by molar-refractivity contribution is 1.13. The van der Waals surface area contributed by atoms with Crippen LogP contribution in [-0.4, -0.2) is 9.97 Å². The Labute approximate surface area is 124 Å². The maximum atomic E-state index is 5.74. The van der Waals surface area contributed by atoms with E-state index in [9.17, 15) is 0 Å². The second-order valence-electron chi connectivity index (χ2n) is 3.80. The summed E-state index contributed by atoms with van der Waals surface area (Å²) in [6.45, 7) is 2.69. The Bertz CT molecular complexity index is 580. The van der Waals surface area contributed by atoms with Gasteiger partial charge >= 0.3 is 0 Å². The fraction of sp³-hybridized carbons (Fsp3) is 0.167. The Kier molecular flexibility index (Phi) is 4.31. The van der Waals surface area contributed by atoms with Crippen LogP contribution in [0.4, 0.5) is 5.82 Å². The number of nitrogens with zero attached hydrogens (tertiary/aromatic N) is 1. The first-order valence-electron chi connectivity index (χ1n) is 5.30. The van der Waals surface area contributed by atoms with E-state index in [1.807, 2.05) is 13.0 Å². The molecule has 0 aliphatic heterocycles. The van der Waals surface area contributed by atoms with Gasteiger partial charge in [0.2, 0.25) is 0 Å². The molecule has 0 fully saturated rings. The zero-order valence-electron chi connectivity index (χ0n) is 9.74. The predicted molar refractivity (Wildman–Crippen MR) is 84.2 cm³/mol. The maximum absolute atomic E-state index is 5.74. The molecule has 6 heteroatoms. The lowest BCUT2D eigenvalue weighted by Gasteiger charge is -2.11. The van der Waals surface area contributed by atoms with Crippen LogP contribution >= 0.6 is 39.5 Å². The summed E-state index contributed by atoms with van der Waals surface area (Å²) in [7, 11) is 0. The third-order valence-electron chi connectivity index (χ3n) is 2.46. The molecule has 2 heterocycles. The molecule has 0 aliphatic carbocycles. The minimum Gasteiger partial charge on any atom is -0.389 e. The van der Waals surface area contributed by atoms with Crippen LogP contribution in [0, 0.1) is 6.92 Å². The molecule has 0 unspecified atom stereocenters. The number of aryl methyl sites for hydroxylation is 1. The van der Waals surface area contributed by atoms with Gasteiger partial charge in [-0.15, -0.1) is 11.3 Å². The SMILES string of the molecule is Cc1ccnc(NCc2cc(Br)cs2)c1C(N)=S. The van der Waals surface area contributed by atoms with Crippen LogP contribution in [0.5, 0.6) is 0 Å². The molecular weight excluding hydrogens is 330 g/mol. The van der Waals surface area contributed by atoms with Crippen molar-refractivity contribution < 1.29 is 0 Å². The summed E-state index contributed by atoms with van der Waals surface area (Å²) in [4.78, 5) is 5.89. The van der Waals surface area contributed by atoms with Crippen LogP contribution in [0.1, 0.15) is 16.0 Å². The van der Waals surface area contributed by atoms with E-state index in [0.717, 1.165) is 21.4 Å². The summed E-state index contributed by atoms with van der Waals surface area (Å²) in [5.74, 6) is 0.743. The fourth-order valence-electron chi connectivity index (χ4n) is 1.62. The topological polar surface area (TPSA) is 50.9 Å². The van der Waals surface area contributed by atoms with Crippen LogP contribution in [0.25, 0.3) is 0 Å². The Morgan fingerprint density at radius 3 is 3.00 bits per heavy atom. The van der Waals surface area contributed by atoms with E-state index in [1.165, 1.54) is 4.88 Å². The van der Waals surface area contributed by atoms with E-state index >= 15 is 0 Å². The lowest BCUT2D eigenvalue weighted by atomic mass is 10.1. The molecule has 0 aliphatic rings. The fourth-order valence-corrected chi connectivity index (χ4v) is 3.27. The number of nitrogens with two attached hydrogens (primary N) is 1. The molecule has 3 N–H and O–H groups in total. The molecule has 0 spiro atoms. The Hall–Kier alpha value is -0.980. The van der Waals surface area contributed by atoms with Gasteiger partial charge in [-0.05, 0) is 40.5 Å². The number of thiophene rings is 1. The van der Waals surface area contributed by atoms with E-state index in [4.69, 9.17) is 18.0 Å². The lowest BCUT2D eigenvalue weighted by Crippen LogP contribution is -2.15. The number of nitrogens with one attached hydrogen (secondary N) is 1. The molecule has 2 aromatic heterocycles. The van der Waals surface area contributed by atoms with E-state index in [1.54, 1.807) is 17.5 Å². The van der Waals surface area contributed by atoms with Crippen molar-refractivity contribution in [1.82, 2.24) is 4.98 Å². The molecule has 0 aromatic carbocycles. The second kappa shape index (κ2) is 5.77. The highest BCUT2D eigenvalue weighted by atomic mass is 79.9. The van der Waals surface area contributed by atoms with Crippen molar-refractivity contribution in [3.05, 3.63) is 44.2 Å². The highest BCUT2D eigenvalue weighted by Gasteiger charge is 2.09. The van der Waals surface area contributed by atoms with Crippen molar-refractivity contribution in [3.63, 3.8) is 0 Å². The van der Waals surface area contributed by atoms with Crippen LogP contribution in [-0.2, 0) is 6.54 Å². The number of hydrogen-bond donors (Lipinski definition) is 2. The molecule has 0 atom stereocenters. The monoisotopic (exact) mass is 341 g/mol. The average molecular weight is 342 g/mol. The number of pyridine rings is 1. The van der Waals surface area contributed by atoms with E-state index in [-0.39, 0.29) is 0 Å². The molecule has 94 valence electrons. The highest BCUT2D eigenvalue weighted by Crippen LogP contribution is 2.22. The van der Waals surface area contributed by atoms with Gasteiger partial charge in [-0.2, -0.15) is 0 Å². The summed E-state index contributed by atoms with van der Waals surface area (Å²) < 4.78 is 1.09. The van der Waals surface area contributed by atoms with Crippen LogP contribution in [0.2, 0.25) is 0 Å². The van der Waals surface area contributed by atoms with Gasteiger partial charge in [0.05, 0.1) is 12.1 Å². The summed E-state index contributed by atoms with van der Waals surface area (Å²) in [5.41, 5.74) is 7.59. The zero-order valence-corrected chi connectivity index (χ0v) is 13.0. The number of anilines is 1. The number of thiocarbonyl (C=S) groups is 1. The molecule has 0 bridgehead atoms. The van der Waals surface area contributed by atoms with Crippen molar-refractivity contribution in [3.8, 4) is 0 Å². The summed E-state index contributed by atoms with van der Waals surface area (Å²) in [6, 6.07) is 3.98. The molecule has 0 radical (unpaired) electrons. The van der Waals surface area contributed by atoms with E-state index in [2.05, 4.69) is 37.7 Å². The highest BCUT2D eigenvalue weighted by molar-refractivity contribution is 9.10. The van der Waals surface area contributed by atoms with Crippen LogP contribution in [0.3, 0.4) is 0 Å². The molecule has 18 heavy (non-hydrogen) atoms. The predicted octanol–water partition coefficient (Wildman–Crippen LogP) is 3.46. The van der Waals surface area contributed by atoms with Crippen molar-refractivity contribution in [1.29, 1.82) is 0 Å². The van der Waals surface area contributed by atoms with E-state index in [0.29, 0.717) is 11.5 Å². The molecular formula is C12H12BrN3S2. The van der Waals surface area contributed by atoms with Crippen molar-refractivity contribution >= 4 is 50.3 Å². The van der Waals surface area contributed by atoms with Gasteiger partial charge in [0, 0.05) is 20.9 Å². The normalized spacial score (nSPS) is 10.3. The Morgan fingerprint density at radius 1 is 1.61 bits per heavy atom.